The van der Waals surface area contributed by atoms with E-state index >= 15 is 0 Å². The van der Waals surface area contributed by atoms with Crippen LogP contribution in [-0.2, 0) is 13.5 Å². The Hall–Kier alpha value is -1.35. The van der Waals surface area contributed by atoms with E-state index in [4.69, 9.17) is 0 Å². The minimum absolute atomic E-state index is 0.268. The number of hydrogen-bond donors (Lipinski definition) is 1. The molecule has 18 heavy (non-hydrogen) atoms. The molecule has 0 amide bonds. The zero-order valence-corrected chi connectivity index (χ0v) is 11.0. The maximum Gasteiger partial charge on any atom is 0.0729 e. The van der Waals surface area contributed by atoms with E-state index < -0.39 is 0 Å². The van der Waals surface area contributed by atoms with Crippen LogP contribution in [0.25, 0.3) is 10.9 Å². The van der Waals surface area contributed by atoms with Crippen molar-refractivity contribution in [3.8, 4) is 0 Å². The van der Waals surface area contributed by atoms with Gasteiger partial charge in [-0.15, -0.1) is 0 Å². The molecule has 1 aromatic carbocycles. The first kappa shape index (κ1) is 11.7. The lowest BCUT2D eigenvalue weighted by molar-refractivity contribution is 0.104. The average Bonchev–Trinajstić information content (AvgIpc) is 3.17. The number of aliphatic hydroxyl groups is 1. The third-order valence-corrected chi connectivity index (χ3v) is 4.21. The lowest BCUT2D eigenvalue weighted by Crippen LogP contribution is -2.22. The topological polar surface area (TPSA) is 38.1 Å². The molecule has 0 aliphatic heterocycles. The van der Waals surface area contributed by atoms with Gasteiger partial charge >= 0.3 is 0 Å². The number of aryl methyl sites for hydroxylation is 1. The lowest BCUT2D eigenvalue weighted by atomic mass is 9.95. The first-order valence-electron chi connectivity index (χ1n) is 6.75. The summed E-state index contributed by atoms with van der Waals surface area (Å²) in [6.07, 6.45) is 2.96. The van der Waals surface area contributed by atoms with Crippen LogP contribution in [-0.4, -0.2) is 21.0 Å². The predicted octanol–water partition coefficient (Wildman–Crippen LogP) is 2.52. The fourth-order valence-electron chi connectivity index (χ4n) is 2.76. The van der Waals surface area contributed by atoms with E-state index in [2.05, 4.69) is 24.2 Å². The first-order chi connectivity index (χ1) is 8.66. The summed E-state index contributed by atoms with van der Waals surface area (Å²) in [6, 6.07) is 8.22. The number of fused-ring (bicyclic) bond motifs is 1. The van der Waals surface area contributed by atoms with Crippen molar-refractivity contribution in [3.05, 3.63) is 30.0 Å². The number of aromatic nitrogens is 2. The Balaban J connectivity index is 1.85. The van der Waals surface area contributed by atoms with Gasteiger partial charge in [0.1, 0.15) is 0 Å². The molecule has 96 valence electrons. The minimum atomic E-state index is -0.268. The van der Waals surface area contributed by atoms with Crippen molar-refractivity contribution in [1.29, 1.82) is 0 Å². The van der Waals surface area contributed by atoms with Crippen molar-refractivity contribution in [3.63, 3.8) is 0 Å². The van der Waals surface area contributed by atoms with Crippen molar-refractivity contribution in [1.82, 2.24) is 9.78 Å². The van der Waals surface area contributed by atoms with Crippen LogP contribution >= 0.6 is 0 Å². The number of para-hydroxylation sites is 1. The SMILES string of the molecule is CC(C(O)Cc1nn(C)c2ccccc12)C1CC1. The maximum atomic E-state index is 10.3. The summed E-state index contributed by atoms with van der Waals surface area (Å²) in [5.41, 5.74) is 2.16. The molecule has 0 saturated heterocycles. The Kier molecular flexibility index (Phi) is 2.86. The fraction of sp³-hybridized carbons (Fsp3) is 0.533. The predicted molar refractivity (Wildman–Crippen MR) is 72.3 cm³/mol. The number of nitrogens with zero attached hydrogens (tertiary/aromatic N) is 2. The number of benzene rings is 1. The molecule has 0 spiro atoms. The molecule has 1 aliphatic carbocycles. The van der Waals surface area contributed by atoms with E-state index in [1.54, 1.807) is 0 Å². The normalized spacial score (nSPS) is 19.1. The molecule has 2 unspecified atom stereocenters. The van der Waals surface area contributed by atoms with Gasteiger partial charge < -0.3 is 5.11 Å². The molecule has 3 rings (SSSR count). The van der Waals surface area contributed by atoms with Crippen LogP contribution in [0.4, 0.5) is 0 Å². The lowest BCUT2D eigenvalue weighted by Gasteiger charge is -2.17. The van der Waals surface area contributed by atoms with E-state index in [1.807, 2.05) is 23.9 Å². The monoisotopic (exact) mass is 244 g/mol. The maximum absolute atomic E-state index is 10.3. The molecule has 0 bridgehead atoms. The summed E-state index contributed by atoms with van der Waals surface area (Å²) in [4.78, 5) is 0. The molecule has 1 aliphatic rings. The summed E-state index contributed by atoms with van der Waals surface area (Å²) in [5.74, 6) is 1.13. The molecule has 0 radical (unpaired) electrons. The Labute approximate surface area is 107 Å². The Morgan fingerprint density at radius 1 is 1.39 bits per heavy atom. The third-order valence-electron chi connectivity index (χ3n) is 4.21. The Morgan fingerprint density at radius 3 is 2.83 bits per heavy atom. The van der Waals surface area contributed by atoms with Gasteiger partial charge in [-0.1, -0.05) is 25.1 Å². The first-order valence-corrected chi connectivity index (χ1v) is 6.75. The van der Waals surface area contributed by atoms with Crippen molar-refractivity contribution in [2.75, 3.05) is 0 Å². The van der Waals surface area contributed by atoms with E-state index in [1.165, 1.54) is 18.2 Å². The fourth-order valence-corrected chi connectivity index (χ4v) is 2.76. The van der Waals surface area contributed by atoms with Crippen LogP contribution in [0.5, 0.6) is 0 Å². The molecule has 1 aromatic heterocycles. The molecule has 1 heterocycles. The van der Waals surface area contributed by atoms with Gasteiger partial charge in [-0.3, -0.25) is 4.68 Å². The highest BCUT2D eigenvalue weighted by molar-refractivity contribution is 5.81. The molecule has 3 heteroatoms. The van der Waals surface area contributed by atoms with Gasteiger partial charge in [0, 0.05) is 18.9 Å². The molecule has 3 nitrogen and oxygen atoms in total. The van der Waals surface area contributed by atoms with Gasteiger partial charge in [-0.05, 0) is 30.7 Å². The summed E-state index contributed by atoms with van der Waals surface area (Å²) in [5, 5.41) is 16.0. The van der Waals surface area contributed by atoms with Gasteiger partial charge in [0.05, 0.1) is 17.3 Å². The number of aliphatic hydroxyl groups excluding tert-OH is 1. The highest BCUT2D eigenvalue weighted by Crippen LogP contribution is 2.39. The van der Waals surface area contributed by atoms with Crippen molar-refractivity contribution >= 4 is 10.9 Å². The van der Waals surface area contributed by atoms with Crippen LogP contribution < -0.4 is 0 Å². The van der Waals surface area contributed by atoms with Gasteiger partial charge in [-0.2, -0.15) is 5.10 Å². The zero-order chi connectivity index (χ0) is 12.7. The van der Waals surface area contributed by atoms with Crippen LogP contribution in [0.3, 0.4) is 0 Å². The van der Waals surface area contributed by atoms with E-state index in [-0.39, 0.29) is 6.10 Å². The largest absolute Gasteiger partial charge is 0.392 e. The zero-order valence-electron chi connectivity index (χ0n) is 11.0. The van der Waals surface area contributed by atoms with Crippen molar-refractivity contribution < 1.29 is 5.11 Å². The highest BCUT2D eigenvalue weighted by atomic mass is 16.3. The minimum Gasteiger partial charge on any atom is -0.392 e. The molecular weight excluding hydrogens is 224 g/mol. The molecular formula is C15H20N2O. The van der Waals surface area contributed by atoms with Gasteiger partial charge in [0.15, 0.2) is 0 Å². The summed E-state index contributed by atoms with van der Waals surface area (Å²) < 4.78 is 1.90. The quantitative estimate of drug-likeness (QED) is 0.897. The number of hydrogen-bond acceptors (Lipinski definition) is 2. The van der Waals surface area contributed by atoms with Crippen LogP contribution in [0.15, 0.2) is 24.3 Å². The molecule has 1 fully saturated rings. The summed E-state index contributed by atoms with van der Waals surface area (Å²) in [7, 11) is 1.96. The molecule has 2 aromatic rings. The third kappa shape index (κ3) is 2.03. The summed E-state index contributed by atoms with van der Waals surface area (Å²) >= 11 is 0. The molecule has 1 N–H and O–H groups in total. The smallest absolute Gasteiger partial charge is 0.0729 e. The van der Waals surface area contributed by atoms with E-state index in [0.29, 0.717) is 12.3 Å². The van der Waals surface area contributed by atoms with Crippen LogP contribution in [0, 0.1) is 11.8 Å². The molecule has 1 saturated carbocycles. The average molecular weight is 244 g/mol. The second-order valence-corrected chi connectivity index (χ2v) is 5.56. The summed E-state index contributed by atoms with van der Waals surface area (Å²) in [6.45, 7) is 2.16. The van der Waals surface area contributed by atoms with E-state index in [0.717, 1.165) is 17.1 Å². The van der Waals surface area contributed by atoms with Crippen molar-refractivity contribution in [2.24, 2.45) is 18.9 Å². The second kappa shape index (κ2) is 4.39. The highest BCUT2D eigenvalue weighted by Gasteiger charge is 2.32. The van der Waals surface area contributed by atoms with E-state index in [9.17, 15) is 5.11 Å². The van der Waals surface area contributed by atoms with Gasteiger partial charge in [-0.25, -0.2) is 0 Å². The van der Waals surface area contributed by atoms with Crippen LogP contribution in [0.2, 0.25) is 0 Å². The van der Waals surface area contributed by atoms with Gasteiger partial charge in [0.25, 0.3) is 0 Å². The van der Waals surface area contributed by atoms with Crippen LogP contribution in [0.1, 0.15) is 25.5 Å². The standard InChI is InChI=1S/C15H20N2O/c1-10(11-7-8-11)15(18)9-13-12-5-3-4-6-14(12)17(2)16-13/h3-6,10-11,15,18H,7-9H2,1-2H3. The van der Waals surface area contributed by atoms with Gasteiger partial charge in [0.2, 0.25) is 0 Å². The number of rotatable bonds is 4. The van der Waals surface area contributed by atoms with Crippen molar-refractivity contribution in [2.45, 2.75) is 32.3 Å². The Bertz CT molecular complexity index is 557. The second-order valence-electron chi connectivity index (χ2n) is 5.56. The Morgan fingerprint density at radius 2 is 2.11 bits per heavy atom. The molecule has 2 atom stereocenters.